The molecule has 0 aromatic carbocycles. The first-order chi connectivity index (χ1) is 8.36. The van der Waals surface area contributed by atoms with Gasteiger partial charge in [-0.3, -0.25) is 0 Å². The molecule has 4 nitrogen and oxygen atoms in total. The molecule has 1 fully saturated rings. The monoisotopic (exact) mass is 260 g/mol. The Morgan fingerprint density at radius 3 is 2.11 bits per heavy atom. The Morgan fingerprint density at radius 2 is 1.67 bits per heavy atom. The third-order valence-electron chi connectivity index (χ3n) is 2.81. The number of halogens is 3. The highest BCUT2D eigenvalue weighted by Gasteiger charge is 2.34. The maximum atomic E-state index is 12.3. The average molecular weight is 260 g/mol. The predicted molar refractivity (Wildman–Crippen MR) is 61.3 cm³/mol. The summed E-state index contributed by atoms with van der Waals surface area (Å²) in [6.07, 6.45) is -2.01. The van der Waals surface area contributed by atoms with Crippen LogP contribution in [0.15, 0.2) is 12.4 Å². The summed E-state index contributed by atoms with van der Waals surface area (Å²) in [5.41, 5.74) is 0.628. The Hall–Kier alpha value is -1.37. The molecule has 0 unspecified atom stereocenters. The van der Waals surface area contributed by atoms with Crippen molar-refractivity contribution in [3.05, 3.63) is 18.2 Å². The fourth-order valence-electron chi connectivity index (χ4n) is 2.17. The van der Waals surface area contributed by atoms with E-state index < -0.39 is 12.0 Å². The second kappa shape index (κ2) is 4.72. The number of hydrogen-bond donors (Lipinski definition) is 1. The van der Waals surface area contributed by atoms with E-state index in [1.165, 1.54) is 12.4 Å². The van der Waals surface area contributed by atoms with Crippen LogP contribution in [0.2, 0.25) is 0 Å². The third-order valence-corrected chi connectivity index (χ3v) is 2.81. The maximum absolute atomic E-state index is 12.3. The van der Waals surface area contributed by atoms with Crippen LogP contribution in [-0.2, 0) is 6.18 Å². The number of anilines is 1. The summed E-state index contributed by atoms with van der Waals surface area (Å²) in [6.45, 7) is 5.54. The summed E-state index contributed by atoms with van der Waals surface area (Å²) in [6, 6.07) is 0.576. The molecule has 1 saturated heterocycles. The van der Waals surface area contributed by atoms with Gasteiger partial charge in [0.2, 0.25) is 5.82 Å². The van der Waals surface area contributed by atoms with Crippen molar-refractivity contribution in [1.82, 2.24) is 15.3 Å². The van der Waals surface area contributed by atoms with Crippen molar-refractivity contribution in [3.8, 4) is 0 Å². The van der Waals surface area contributed by atoms with E-state index in [4.69, 9.17) is 0 Å². The van der Waals surface area contributed by atoms with Gasteiger partial charge in [0, 0.05) is 25.2 Å². The molecule has 0 aliphatic carbocycles. The van der Waals surface area contributed by atoms with Crippen LogP contribution in [0.1, 0.15) is 19.7 Å². The van der Waals surface area contributed by atoms with Crippen molar-refractivity contribution in [2.45, 2.75) is 32.1 Å². The molecule has 0 saturated carbocycles. The Balaban J connectivity index is 2.14. The molecular weight excluding hydrogens is 245 g/mol. The van der Waals surface area contributed by atoms with E-state index in [0.29, 0.717) is 5.69 Å². The van der Waals surface area contributed by atoms with Gasteiger partial charge >= 0.3 is 6.18 Å². The smallest absolute Gasteiger partial charge is 0.366 e. The van der Waals surface area contributed by atoms with Gasteiger partial charge in [-0.15, -0.1) is 0 Å². The minimum absolute atomic E-state index is 0.288. The molecule has 7 heteroatoms. The zero-order chi connectivity index (χ0) is 13.3. The van der Waals surface area contributed by atoms with Crippen LogP contribution < -0.4 is 10.2 Å². The van der Waals surface area contributed by atoms with Gasteiger partial charge < -0.3 is 10.2 Å². The summed E-state index contributed by atoms with van der Waals surface area (Å²) in [7, 11) is 0. The zero-order valence-corrected chi connectivity index (χ0v) is 10.2. The molecule has 1 N–H and O–H groups in total. The van der Waals surface area contributed by atoms with Gasteiger partial charge in [-0.05, 0) is 13.8 Å². The average Bonchev–Trinajstić information content (AvgIpc) is 2.27. The summed E-state index contributed by atoms with van der Waals surface area (Å²) < 4.78 is 37.0. The lowest BCUT2D eigenvalue weighted by Gasteiger charge is -2.37. The van der Waals surface area contributed by atoms with Crippen LogP contribution in [0.5, 0.6) is 0 Å². The van der Waals surface area contributed by atoms with E-state index in [1.54, 1.807) is 0 Å². The molecule has 2 heterocycles. The standard InChI is InChI=1S/C11H15F3N4/c1-7-5-18(6-8(2)17-7)9-3-15-10(16-4-9)11(12,13)14/h3-4,7-8,17H,5-6H2,1-2H3/t7-,8-/m1/s1. The minimum atomic E-state index is -4.48. The van der Waals surface area contributed by atoms with Crippen LogP contribution in [0.3, 0.4) is 0 Å². The van der Waals surface area contributed by atoms with Crippen molar-refractivity contribution in [2.75, 3.05) is 18.0 Å². The fraction of sp³-hybridized carbons (Fsp3) is 0.636. The van der Waals surface area contributed by atoms with Crippen molar-refractivity contribution in [1.29, 1.82) is 0 Å². The molecule has 2 atom stereocenters. The van der Waals surface area contributed by atoms with Crippen molar-refractivity contribution in [3.63, 3.8) is 0 Å². The zero-order valence-electron chi connectivity index (χ0n) is 10.2. The van der Waals surface area contributed by atoms with Crippen molar-refractivity contribution in [2.24, 2.45) is 0 Å². The van der Waals surface area contributed by atoms with Crippen molar-refractivity contribution >= 4 is 5.69 Å². The maximum Gasteiger partial charge on any atom is 0.451 e. The number of hydrogen-bond acceptors (Lipinski definition) is 4. The Labute approximate surface area is 103 Å². The first-order valence-electron chi connectivity index (χ1n) is 5.76. The molecule has 0 bridgehead atoms. The van der Waals surface area contributed by atoms with Crippen LogP contribution in [-0.4, -0.2) is 35.1 Å². The fourth-order valence-corrected chi connectivity index (χ4v) is 2.17. The summed E-state index contributed by atoms with van der Waals surface area (Å²) in [4.78, 5) is 8.75. The topological polar surface area (TPSA) is 41.1 Å². The molecular formula is C11H15F3N4. The molecule has 2 rings (SSSR count). The lowest BCUT2D eigenvalue weighted by Crippen LogP contribution is -2.54. The largest absolute Gasteiger partial charge is 0.451 e. The number of piperazine rings is 1. The van der Waals surface area contributed by atoms with Crippen LogP contribution in [0.25, 0.3) is 0 Å². The molecule has 1 aromatic rings. The summed E-state index contributed by atoms with van der Waals surface area (Å²) >= 11 is 0. The molecule has 0 radical (unpaired) electrons. The van der Waals surface area contributed by atoms with Gasteiger partial charge in [0.15, 0.2) is 0 Å². The van der Waals surface area contributed by atoms with E-state index in [2.05, 4.69) is 15.3 Å². The third kappa shape index (κ3) is 2.90. The molecule has 0 amide bonds. The molecule has 1 aliphatic heterocycles. The predicted octanol–water partition coefficient (Wildman–Crippen LogP) is 1.68. The number of aromatic nitrogens is 2. The number of nitrogens with zero attached hydrogens (tertiary/aromatic N) is 3. The first-order valence-corrected chi connectivity index (χ1v) is 5.76. The first kappa shape index (κ1) is 13.1. The van der Waals surface area contributed by atoms with E-state index in [1.807, 2.05) is 18.7 Å². The second-order valence-corrected chi connectivity index (χ2v) is 4.64. The highest BCUT2D eigenvalue weighted by atomic mass is 19.4. The number of alkyl halides is 3. The quantitative estimate of drug-likeness (QED) is 0.834. The Morgan fingerprint density at radius 1 is 1.17 bits per heavy atom. The normalized spacial score (nSPS) is 25.3. The Kier molecular flexibility index (Phi) is 3.43. The van der Waals surface area contributed by atoms with Gasteiger partial charge in [-0.25, -0.2) is 9.97 Å². The number of nitrogens with one attached hydrogen (secondary N) is 1. The number of rotatable bonds is 1. The molecule has 1 aliphatic rings. The van der Waals surface area contributed by atoms with E-state index in [0.717, 1.165) is 13.1 Å². The Bertz CT molecular complexity index is 394. The summed E-state index contributed by atoms with van der Waals surface area (Å²) in [5, 5.41) is 3.35. The van der Waals surface area contributed by atoms with Gasteiger partial charge in [0.25, 0.3) is 0 Å². The highest BCUT2D eigenvalue weighted by Crippen LogP contribution is 2.26. The van der Waals surface area contributed by atoms with Gasteiger partial charge in [-0.1, -0.05) is 0 Å². The molecule has 0 spiro atoms. The van der Waals surface area contributed by atoms with Crippen LogP contribution in [0, 0.1) is 0 Å². The highest BCUT2D eigenvalue weighted by molar-refractivity contribution is 5.43. The molecule has 18 heavy (non-hydrogen) atoms. The van der Waals surface area contributed by atoms with Crippen molar-refractivity contribution < 1.29 is 13.2 Å². The van der Waals surface area contributed by atoms with E-state index in [9.17, 15) is 13.2 Å². The van der Waals surface area contributed by atoms with E-state index in [-0.39, 0.29) is 12.1 Å². The SMILES string of the molecule is C[C@@H]1CN(c2cnc(C(F)(F)F)nc2)C[C@@H](C)N1. The van der Waals surface area contributed by atoms with E-state index >= 15 is 0 Å². The molecule has 1 aromatic heterocycles. The van der Waals surface area contributed by atoms with Crippen LogP contribution in [0.4, 0.5) is 18.9 Å². The van der Waals surface area contributed by atoms with Gasteiger partial charge in [0.05, 0.1) is 18.1 Å². The summed E-state index contributed by atoms with van der Waals surface area (Å²) in [5.74, 6) is -1.09. The minimum Gasteiger partial charge on any atom is -0.366 e. The molecule has 100 valence electrons. The second-order valence-electron chi connectivity index (χ2n) is 4.64. The lowest BCUT2D eigenvalue weighted by atomic mass is 10.1. The lowest BCUT2D eigenvalue weighted by molar-refractivity contribution is -0.144. The van der Waals surface area contributed by atoms with Crippen LogP contribution >= 0.6 is 0 Å². The van der Waals surface area contributed by atoms with Gasteiger partial charge in [0.1, 0.15) is 0 Å². The van der Waals surface area contributed by atoms with Gasteiger partial charge in [-0.2, -0.15) is 13.2 Å².